The predicted molar refractivity (Wildman–Crippen MR) is 119 cm³/mol. The molecule has 0 aromatic heterocycles. The average molecular weight is 415 g/mol. The highest BCUT2D eigenvalue weighted by Gasteiger charge is 1.95. The van der Waals surface area contributed by atoms with Crippen molar-refractivity contribution >= 4 is 15.9 Å². The Morgan fingerprint density at radius 1 is 0.370 bits per heavy atom. The fourth-order valence-corrected chi connectivity index (χ4v) is 3.13. The third-order valence-corrected chi connectivity index (χ3v) is 4.79. The van der Waals surface area contributed by atoms with Gasteiger partial charge in [-0.05, 0) is 47.2 Å². The molecular weight excluding hydrogens is 392 g/mol. The highest BCUT2D eigenvalue weighted by atomic mass is 79.9. The van der Waals surface area contributed by atoms with Gasteiger partial charge in [0.05, 0.1) is 0 Å². The molecule has 0 N–H and O–H groups in total. The monoisotopic (exact) mass is 414 g/mol. The van der Waals surface area contributed by atoms with Crippen LogP contribution in [-0.4, -0.2) is 0 Å². The van der Waals surface area contributed by atoms with Gasteiger partial charge in [-0.25, -0.2) is 0 Å². The van der Waals surface area contributed by atoms with Gasteiger partial charge in [-0.1, -0.05) is 119 Å². The number of hydrogen-bond acceptors (Lipinski definition) is 0. The minimum absolute atomic E-state index is 1.01. The van der Waals surface area contributed by atoms with Crippen molar-refractivity contribution in [3.8, 4) is 0 Å². The molecule has 0 saturated carbocycles. The van der Waals surface area contributed by atoms with Crippen molar-refractivity contribution in [2.24, 2.45) is 0 Å². The number of halogens is 1. The molecule has 134 valence electrons. The second kappa shape index (κ2) is 10.5. The second-order valence-corrected chi connectivity index (χ2v) is 7.35. The fourth-order valence-electron chi connectivity index (χ4n) is 2.86. The quantitative estimate of drug-likeness (QED) is 0.328. The van der Waals surface area contributed by atoms with Gasteiger partial charge in [0.1, 0.15) is 0 Å². The summed E-state index contributed by atoms with van der Waals surface area (Å²) in [6.45, 7) is 0. The standard InChI is InChI=1S/C13H11Br.C13H12/c14-13-8-6-12(7-9-13)10-11-4-2-1-3-5-11;1-3-7-12(8-4-1)11-13-9-5-2-6-10-13/h1-9H,10H2;1-10H,11H2. The molecule has 4 aromatic carbocycles. The van der Waals surface area contributed by atoms with E-state index in [0.717, 1.165) is 17.3 Å². The maximum atomic E-state index is 3.43. The lowest BCUT2D eigenvalue weighted by Crippen LogP contribution is -1.86. The highest BCUT2D eigenvalue weighted by molar-refractivity contribution is 9.10. The van der Waals surface area contributed by atoms with E-state index in [-0.39, 0.29) is 0 Å². The molecule has 0 spiro atoms. The summed E-state index contributed by atoms with van der Waals surface area (Å²) in [6.07, 6.45) is 2.04. The van der Waals surface area contributed by atoms with Crippen molar-refractivity contribution in [3.63, 3.8) is 0 Å². The summed E-state index contributed by atoms with van der Waals surface area (Å²) < 4.78 is 1.13. The summed E-state index contributed by atoms with van der Waals surface area (Å²) in [7, 11) is 0. The van der Waals surface area contributed by atoms with E-state index in [1.165, 1.54) is 22.3 Å². The molecule has 0 fully saturated rings. The summed E-state index contributed by atoms with van der Waals surface area (Å²) in [5.41, 5.74) is 5.44. The van der Waals surface area contributed by atoms with Crippen molar-refractivity contribution < 1.29 is 0 Å². The average Bonchev–Trinajstić information content (AvgIpc) is 2.73. The zero-order valence-electron chi connectivity index (χ0n) is 15.3. The highest BCUT2D eigenvalue weighted by Crippen LogP contribution is 2.13. The van der Waals surface area contributed by atoms with Gasteiger partial charge in [0, 0.05) is 4.47 Å². The van der Waals surface area contributed by atoms with E-state index in [2.05, 4.69) is 125 Å². The lowest BCUT2D eigenvalue weighted by atomic mass is 10.1. The van der Waals surface area contributed by atoms with E-state index in [0.29, 0.717) is 0 Å². The molecule has 0 aliphatic carbocycles. The number of hydrogen-bond donors (Lipinski definition) is 0. The van der Waals surface area contributed by atoms with Gasteiger partial charge in [0.25, 0.3) is 0 Å². The first kappa shape index (κ1) is 19.1. The topological polar surface area (TPSA) is 0 Å². The summed E-state index contributed by atoms with van der Waals surface area (Å²) in [4.78, 5) is 0. The molecule has 0 nitrogen and oxygen atoms in total. The van der Waals surface area contributed by atoms with Crippen LogP contribution in [0.3, 0.4) is 0 Å². The Bertz CT molecular complexity index is 861. The predicted octanol–water partition coefficient (Wildman–Crippen LogP) is 7.32. The van der Waals surface area contributed by atoms with Crippen molar-refractivity contribution in [2.45, 2.75) is 12.8 Å². The Morgan fingerprint density at radius 2 is 0.667 bits per heavy atom. The molecule has 27 heavy (non-hydrogen) atoms. The molecule has 4 aromatic rings. The third-order valence-electron chi connectivity index (χ3n) is 4.26. The maximum Gasteiger partial charge on any atom is 0.0175 e. The summed E-state index contributed by atoms with van der Waals surface area (Å²) in [5.74, 6) is 0. The second-order valence-electron chi connectivity index (χ2n) is 6.44. The minimum Gasteiger partial charge on any atom is -0.0622 e. The summed E-state index contributed by atoms with van der Waals surface area (Å²) in [5, 5.41) is 0. The van der Waals surface area contributed by atoms with Crippen LogP contribution in [0.4, 0.5) is 0 Å². The molecule has 4 rings (SSSR count). The first-order chi connectivity index (χ1) is 13.3. The van der Waals surface area contributed by atoms with Crippen LogP contribution in [0, 0.1) is 0 Å². The molecule has 0 amide bonds. The Labute approximate surface area is 170 Å². The van der Waals surface area contributed by atoms with Crippen LogP contribution in [0.25, 0.3) is 0 Å². The van der Waals surface area contributed by atoms with Crippen LogP contribution in [0.1, 0.15) is 22.3 Å². The van der Waals surface area contributed by atoms with Gasteiger partial charge in [0.2, 0.25) is 0 Å². The van der Waals surface area contributed by atoms with Crippen LogP contribution in [0.15, 0.2) is 120 Å². The Hall–Kier alpha value is -2.64. The SMILES string of the molecule is Brc1ccc(Cc2ccccc2)cc1.c1ccc(Cc2ccccc2)cc1. The molecule has 0 saturated heterocycles. The summed E-state index contributed by atoms with van der Waals surface area (Å²) >= 11 is 3.43. The van der Waals surface area contributed by atoms with E-state index in [4.69, 9.17) is 0 Å². The molecular formula is C26H23Br. The molecule has 0 aliphatic rings. The summed E-state index contributed by atoms with van der Waals surface area (Å²) in [6, 6.07) is 40.0. The number of benzene rings is 4. The Balaban J connectivity index is 0.000000156. The zero-order chi connectivity index (χ0) is 18.7. The molecule has 0 unspecified atom stereocenters. The lowest BCUT2D eigenvalue weighted by Gasteiger charge is -2.01. The van der Waals surface area contributed by atoms with Crippen molar-refractivity contribution in [1.82, 2.24) is 0 Å². The smallest absolute Gasteiger partial charge is 0.0175 e. The van der Waals surface area contributed by atoms with Gasteiger partial charge in [-0.3, -0.25) is 0 Å². The van der Waals surface area contributed by atoms with E-state index >= 15 is 0 Å². The van der Waals surface area contributed by atoms with Gasteiger partial charge >= 0.3 is 0 Å². The van der Waals surface area contributed by atoms with Crippen LogP contribution < -0.4 is 0 Å². The molecule has 0 bridgehead atoms. The lowest BCUT2D eigenvalue weighted by molar-refractivity contribution is 1.19. The molecule has 0 aliphatic heterocycles. The van der Waals surface area contributed by atoms with Gasteiger partial charge in [-0.2, -0.15) is 0 Å². The Kier molecular flexibility index (Phi) is 7.44. The van der Waals surface area contributed by atoms with E-state index in [9.17, 15) is 0 Å². The zero-order valence-corrected chi connectivity index (χ0v) is 16.8. The van der Waals surface area contributed by atoms with Crippen molar-refractivity contribution in [2.75, 3.05) is 0 Å². The van der Waals surface area contributed by atoms with Crippen molar-refractivity contribution in [3.05, 3.63) is 142 Å². The van der Waals surface area contributed by atoms with Crippen LogP contribution in [0.2, 0.25) is 0 Å². The normalized spacial score (nSPS) is 9.96. The molecule has 0 atom stereocenters. The van der Waals surface area contributed by atoms with E-state index in [1.807, 2.05) is 6.07 Å². The largest absolute Gasteiger partial charge is 0.0622 e. The van der Waals surface area contributed by atoms with Crippen LogP contribution in [0.5, 0.6) is 0 Å². The third kappa shape index (κ3) is 6.88. The first-order valence-electron chi connectivity index (χ1n) is 9.16. The van der Waals surface area contributed by atoms with Crippen LogP contribution >= 0.6 is 15.9 Å². The van der Waals surface area contributed by atoms with Gasteiger partial charge in [0.15, 0.2) is 0 Å². The van der Waals surface area contributed by atoms with E-state index < -0.39 is 0 Å². The maximum absolute atomic E-state index is 3.43. The molecule has 0 radical (unpaired) electrons. The van der Waals surface area contributed by atoms with Crippen molar-refractivity contribution in [1.29, 1.82) is 0 Å². The van der Waals surface area contributed by atoms with Gasteiger partial charge < -0.3 is 0 Å². The van der Waals surface area contributed by atoms with E-state index in [1.54, 1.807) is 0 Å². The first-order valence-corrected chi connectivity index (χ1v) is 9.95. The Morgan fingerprint density at radius 3 is 1.00 bits per heavy atom. The number of rotatable bonds is 4. The minimum atomic E-state index is 1.01. The van der Waals surface area contributed by atoms with Gasteiger partial charge in [-0.15, -0.1) is 0 Å². The molecule has 0 heterocycles. The fraction of sp³-hybridized carbons (Fsp3) is 0.0769. The molecule has 1 heteroatoms. The van der Waals surface area contributed by atoms with Crippen LogP contribution in [-0.2, 0) is 12.8 Å².